The lowest BCUT2D eigenvalue weighted by atomic mass is 10.0. The molecule has 0 saturated carbocycles. The molecule has 0 spiro atoms. The lowest BCUT2D eigenvalue weighted by molar-refractivity contribution is 0.531. The molecule has 0 N–H and O–H groups in total. The number of hydrogen-bond acceptors (Lipinski definition) is 0. The zero-order valence-electron chi connectivity index (χ0n) is 20.2. The van der Waals surface area contributed by atoms with Crippen LogP contribution in [-0.2, 0) is 0 Å². The van der Waals surface area contributed by atoms with E-state index in [4.69, 9.17) is 0 Å². The van der Waals surface area contributed by atoms with E-state index >= 15 is 0 Å². The quantitative estimate of drug-likeness (QED) is 0.103. The van der Waals surface area contributed by atoms with Crippen LogP contribution in [0.1, 0.15) is 162 Å². The van der Waals surface area contributed by atoms with Crippen molar-refractivity contribution in [3.05, 3.63) is 0 Å². The van der Waals surface area contributed by atoms with Gasteiger partial charge in [0.25, 0.3) is 0 Å². The molecule has 0 aliphatic rings. The van der Waals surface area contributed by atoms with Gasteiger partial charge in [0.1, 0.15) is 0 Å². The minimum atomic E-state index is 1.26. The Morgan fingerprint density at radius 2 is 0.500 bits per heavy atom. The van der Waals surface area contributed by atoms with Crippen molar-refractivity contribution < 1.29 is 0 Å². The second kappa shape index (κ2) is 27.4. The second-order valence-electron chi connectivity index (χ2n) is 9.17. The fourth-order valence-corrected chi connectivity index (χ4v) is 5.38. The average Bonchev–Trinajstić information content (AvgIpc) is 2.71. The molecule has 0 radical (unpaired) electrons. The molecule has 1 unspecified atom stereocenters. The van der Waals surface area contributed by atoms with Gasteiger partial charge in [-0.2, -0.15) is 0 Å². The van der Waals surface area contributed by atoms with Crippen molar-refractivity contribution >= 4 is 8.58 Å². The summed E-state index contributed by atoms with van der Waals surface area (Å²) in [6.07, 6.45) is 37.0. The molecule has 0 aromatic heterocycles. The van der Waals surface area contributed by atoms with Crippen LogP contribution in [-0.4, -0.2) is 12.3 Å². The number of unbranched alkanes of at least 4 members (excludes halogenated alkanes) is 21. The van der Waals surface area contributed by atoms with Crippen LogP contribution in [0.15, 0.2) is 0 Å². The topological polar surface area (TPSA) is 0 Å². The fourth-order valence-electron chi connectivity index (χ4n) is 4.13. The Hall–Kier alpha value is 0.430. The summed E-state index contributed by atoms with van der Waals surface area (Å²) in [4.78, 5) is 0. The summed E-state index contributed by atoms with van der Waals surface area (Å²) < 4.78 is 0. The lowest BCUT2D eigenvalue weighted by Gasteiger charge is -2.04. The first-order chi connectivity index (χ1) is 13.9. The van der Waals surface area contributed by atoms with Gasteiger partial charge >= 0.3 is 0 Å². The Morgan fingerprint density at radius 3 is 0.750 bits per heavy atom. The summed E-state index contributed by atoms with van der Waals surface area (Å²) in [5, 5.41) is 0. The predicted molar refractivity (Wildman–Crippen MR) is 136 cm³/mol. The Balaban J connectivity index is 2.96. The molecule has 0 rings (SSSR count). The molecule has 0 amide bonds. The second-order valence-corrected chi connectivity index (χ2v) is 10.7. The van der Waals surface area contributed by atoms with Gasteiger partial charge in [-0.1, -0.05) is 149 Å². The first-order valence-electron chi connectivity index (χ1n) is 13.6. The Morgan fingerprint density at radius 1 is 0.286 bits per heavy atom. The maximum absolute atomic E-state index is 2.31. The van der Waals surface area contributed by atoms with E-state index in [0.29, 0.717) is 0 Å². The van der Waals surface area contributed by atoms with Crippen LogP contribution in [0.2, 0.25) is 0 Å². The number of hydrogen-bond donors (Lipinski definition) is 0. The van der Waals surface area contributed by atoms with E-state index in [1.807, 2.05) is 0 Å². The van der Waals surface area contributed by atoms with Gasteiger partial charge in [0.2, 0.25) is 0 Å². The lowest BCUT2D eigenvalue weighted by Crippen LogP contribution is -1.86. The van der Waals surface area contributed by atoms with E-state index in [0.717, 1.165) is 0 Å². The van der Waals surface area contributed by atoms with Gasteiger partial charge in [-0.15, -0.1) is 8.58 Å². The predicted octanol–water partition coefficient (Wildman–Crippen LogP) is 10.7. The molecular formula is C27H57P. The van der Waals surface area contributed by atoms with Gasteiger partial charge in [-0.05, 0) is 25.2 Å². The molecule has 28 heavy (non-hydrogen) atoms. The third-order valence-electron chi connectivity index (χ3n) is 6.16. The van der Waals surface area contributed by atoms with E-state index in [2.05, 4.69) is 13.8 Å². The van der Waals surface area contributed by atoms with Crippen LogP contribution in [0.25, 0.3) is 0 Å². The van der Waals surface area contributed by atoms with Crippen LogP contribution >= 0.6 is 8.58 Å². The van der Waals surface area contributed by atoms with Crippen molar-refractivity contribution in [1.29, 1.82) is 0 Å². The fraction of sp³-hybridized carbons (Fsp3) is 1.00. The molecule has 0 fully saturated rings. The van der Waals surface area contributed by atoms with Crippen LogP contribution in [0.3, 0.4) is 0 Å². The third-order valence-corrected chi connectivity index (χ3v) is 7.58. The van der Waals surface area contributed by atoms with E-state index in [1.165, 1.54) is 169 Å². The molecule has 1 heteroatoms. The smallest absolute Gasteiger partial charge is 0.0353 e. The van der Waals surface area contributed by atoms with Crippen LogP contribution in [0.4, 0.5) is 0 Å². The standard InChI is InChI=1S/C27H57P/c1-3-5-7-9-11-12-13-14-15-16-17-18-19-21-23-25-27-28-26-24-22-20-10-8-6-4-2/h28H,3-27H2,1-2H3. The summed E-state index contributed by atoms with van der Waals surface area (Å²) in [6.45, 7) is 4.61. The van der Waals surface area contributed by atoms with Gasteiger partial charge in [0, 0.05) is 0 Å². The Bertz CT molecular complexity index is 225. The van der Waals surface area contributed by atoms with Gasteiger partial charge in [0.05, 0.1) is 0 Å². The first kappa shape index (κ1) is 28.4. The first-order valence-corrected chi connectivity index (χ1v) is 15.0. The highest BCUT2D eigenvalue weighted by molar-refractivity contribution is 7.37. The van der Waals surface area contributed by atoms with Crippen LogP contribution < -0.4 is 0 Å². The Labute approximate surface area is 182 Å². The summed E-state index contributed by atoms with van der Waals surface area (Å²) in [5.41, 5.74) is 0. The summed E-state index contributed by atoms with van der Waals surface area (Å²) in [5.74, 6) is 0. The maximum atomic E-state index is 2.31. The maximum Gasteiger partial charge on any atom is -0.0353 e. The van der Waals surface area contributed by atoms with Gasteiger partial charge < -0.3 is 0 Å². The zero-order chi connectivity index (χ0) is 20.4. The van der Waals surface area contributed by atoms with E-state index in [1.54, 1.807) is 0 Å². The van der Waals surface area contributed by atoms with Crippen LogP contribution in [0.5, 0.6) is 0 Å². The highest BCUT2D eigenvalue weighted by atomic mass is 31.1. The molecule has 0 bridgehead atoms. The monoisotopic (exact) mass is 412 g/mol. The molecule has 0 aromatic rings. The summed E-state index contributed by atoms with van der Waals surface area (Å²) in [7, 11) is 1.26. The molecule has 0 saturated heterocycles. The zero-order valence-corrected chi connectivity index (χ0v) is 21.2. The summed E-state index contributed by atoms with van der Waals surface area (Å²) in [6, 6.07) is 0. The van der Waals surface area contributed by atoms with E-state index in [9.17, 15) is 0 Å². The van der Waals surface area contributed by atoms with E-state index in [-0.39, 0.29) is 0 Å². The highest BCUT2D eigenvalue weighted by Crippen LogP contribution is 2.18. The molecule has 0 nitrogen and oxygen atoms in total. The number of rotatable bonds is 25. The average molecular weight is 413 g/mol. The van der Waals surface area contributed by atoms with Crippen molar-refractivity contribution in [2.75, 3.05) is 12.3 Å². The van der Waals surface area contributed by atoms with Crippen LogP contribution in [0, 0.1) is 0 Å². The van der Waals surface area contributed by atoms with Gasteiger partial charge in [-0.3, -0.25) is 0 Å². The van der Waals surface area contributed by atoms with E-state index < -0.39 is 0 Å². The molecule has 0 aliphatic carbocycles. The van der Waals surface area contributed by atoms with Crippen molar-refractivity contribution in [3.8, 4) is 0 Å². The molecule has 0 heterocycles. The SMILES string of the molecule is CCCCCCCCCCCCCCCCCCPCCCCCCCCC. The van der Waals surface area contributed by atoms with Gasteiger partial charge in [-0.25, -0.2) is 0 Å². The highest BCUT2D eigenvalue weighted by Gasteiger charge is 1.95. The molecule has 0 aliphatic heterocycles. The minimum absolute atomic E-state index is 1.26. The molecular weight excluding hydrogens is 355 g/mol. The van der Waals surface area contributed by atoms with Crippen molar-refractivity contribution in [1.82, 2.24) is 0 Å². The molecule has 170 valence electrons. The third kappa shape index (κ3) is 26.4. The summed E-state index contributed by atoms with van der Waals surface area (Å²) >= 11 is 0. The minimum Gasteiger partial charge on any atom is -0.122 e. The van der Waals surface area contributed by atoms with Crippen molar-refractivity contribution in [2.45, 2.75) is 162 Å². The largest absolute Gasteiger partial charge is 0.122 e. The normalized spacial score (nSPS) is 11.8. The van der Waals surface area contributed by atoms with Crippen molar-refractivity contribution in [2.24, 2.45) is 0 Å². The van der Waals surface area contributed by atoms with Gasteiger partial charge in [0.15, 0.2) is 0 Å². The van der Waals surface area contributed by atoms with Crippen molar-refractivity contribution in [3.63, 3.8) is 0 Å². The molecule has 1 atom stereocenters. The molecule has 0 aromatic carbocycles. The Kier molecular flexibility index (Phi) is 27.9.